The molecule has 0 atom stereocenters. The number of aliphatic carboxylic acids is 1. The Morgan fingerprint density at radius 2 is 2.00 bits per heavy atom. The van der Waals surface area contributed by atoms with Gasteiger partial charge < -0.3 is 5.11 Å². The quantitative estimate of drug-likeness (QED) is 0.792. The molecule has 18 heavy (non-hydrogen) atoms. The molecule has 5 heteroatoms. The number of hydrogen-bond donors (Lipinski definition) is 1. The lowest BCUT2D eigenvalue weighted by atomic mass is 10.2. The summed E-state index contributed by atoms with van der Waals surface area (Å²) >= 11 is 0. The average Bonchev–Trinajstić information content (AvgIpc) is 2.84. The van der Waals surface area contributed by atoms with Gasteiger partial charge in [0.15, 0.2) is 0 Å². The second-order valence-electron chi connectivity index (χ2n) is 4.08. The summed E-state index contributed by atoms with van der Waals surface area (Å²) in [6.07, 6.45) is 3.55. The van der Waals surface area contributed by atoms with Gasteiger partial charge in [-0.2, -0.15) is 0 Å². The van der Waals surface area contributed by atoms with Crippen LogP contribution in [0.2, 0.25) is 0 Å². The second kappa shape index (κ2) is 5.95. The number of nitrogens with zero attached hydrogens (tertiary/aromatic N) is 3. The van der Waals surface area contributed by atoms with Gasteiger partial charge >= 0.3 is 5.97 Å². The Labute approximate surface area is 105 Å². The zero-order chi connectivity index (χ0) is 12.8. The van der Waals surface area contributed by atoms with E-state index >= 15 is 0 Å². The maximum absolute atomic E-state index is 10.4. The summed E-state index contributed by atoms with van der Waals surface area (Å²) in [5.74, 6) is -0.751. The van der Waals surface area contributed by atoms with Crippen molar-refractivity contribution < 1.29 is 9.90 Å². The SMILES string of the molecule is O=C(O)CCCCn1cc(-c2ccccc2)nn1. The Kier molecular flexibility index (Phi) is 4.06. The highest BCUT2D eigenvalue weighted by Crippen LogP contribution is 2.14. The van der Waals surface area contributed by atoms with Crippen LogP contribution in [-0.4, -0.2) is 26.1 Å². The standard InChI is InChI=1S/C13H15N3O2/c17-13(18)8-4-5-9-16-10-12(14-15-16)11-6-2-1-3-7-11/h1-3,6-7,10H,4-5,8-9H2,(H,17,18). The van der Waals surface area contributed by atoms with E-state index in [9.17, 15) is 4.79 Å². The van der Waals surface area contributed by atoms with Gasteiger partial charge in [-0.1, -0.05) is 35.5 Å². The highest BCUT2D eigenvalue weighted by molar-refractivity contribution is 5.66. The van der Waals surface area contributed by atoms with Crippen LogP contribution in [0.5, 0.6) is 0 Å². The minimum Gasteiger partial charge on any atom is -0.481 e. The van der Waals surface area contributed by atoms with Gasteiger partial charge in [0, 0.05) is 18.5 Å². The fourth-order valence-electron chi connectivity index (χ4n) is 1.70. The van der Waals surface area contributed by atoms with E-state index in [-0.39, 0.29) is 6.42 Å². The minimum atomic E-state index is -0.751. The lowest BCUT2D eigenvalue weighted by molar-refractivity contribution is -0.137. The minimum absolute atomic E-state index is 0.209. The Bertz CT molecular complexity index is 508. The molecule has 0 saturated carbocycles. The number of rotatable bonds is 6. The molecule has 94 valence electrons. The third-order valence-electron chi connectivity index (χ3n) is 2.64. The van der Waals surface area contributed by atoms with Crippen molar-refractivity contribution in [1.29, 1.82) is 0 Å². The first kappa shape index (κ1) is 12.3. The smallest absolute Gasteiger partial charge is 0.303 e. The molecule has 1 heterocycles. The van der Waals surface area contributed by atoms with Gasteiger partial charge in [-0.25, -0.2) is 0 Å². The Morgan fingerprint density at radius 1 is 1.22 bits per heavy atom. The van der Waals surface area contributed by atoms with E-state index in [1.54, 1.807) is 4.68 Å². The first-order chi connectivity index (χ1) is 8.75. The molecule has 0 aliphatic carbocycles. The van der Waals surface area contributed by atoms with Gasteiger partial charge in [-0.05, 0) is 12.8 Å². The van der Waals surface area contributed by atoms with E-state index in [0.29, 0.717) is 13.0 Å². The molecule has 0 unspecified atom stereocenters. The number of carboxylic acids is 1. The van der Waals surface area contributed by atoms with E-state index in [2.05, 4.69) is 10.3 Å². The van der Waals surface area contributed by atoms with E-state index in [0.717, 1.165) is 17.7 Å². The molecule has 1 N–H and O–H groups in total. The van der Waals surface area contributed by atoms with Crippen LogP contribution in [-0.2, 0) is 11.3 Å². The largest absolute Gasteiger partial charge is 0.481 e. The van der Waals surface area contributed by atoms with Crippen molar-refractivity contribution in [3.63, 3.8) is 0 Å². The molecule has 1 aromatic carbocycles. The highest BCUT2D eigenvalue weighted by atomic mass is 16.4. The van der Waals surface area contributed by atoms with Crippen LogP contribution in [0.15, 0.2) is 36.5 Å². The van der Waals surface area contributed by atoms with Crippen molar-refractivity contribution in [2.24, 2.45) is 0 Å². The zero-order valence-electron chi connectivity index (χ0n) is 9.99. The van der Waals surface area contributed by atoms with Crippen LogP contribution in [0, 0.1) is 0 Å². The number of hydrogen-bond acceptors (Lipinski definition) is 3. The molecule has 2 rings (SSSR count). The van der Waals surface area contributed by atoms with E-state index in [1.807, 2.05) is 36.5 Å². The lowest BCUT2D eigenvalue weighted by Crippen LogP contribution is -2.00. The lowest BCUT2D eigenvalue weighted by Gasteiger charge is -1.98. The van der Waals surface area contributed by atoms with Gasteiger partial charge in [0.2, 0.25) is 0 Å². The van der Waals surface area contributed by atoms with Crippen LogP contribution in [0.1, 0.15) is 19.3 Å². The van der Waals surface area contributed by atoms with Crippen LogP contribution >= 0.6 is 0 Å². The number of carbonyl (C=O) groups is 1. The summed E-state index contributed by atoms with van der Waals surface area (Å²) in [5, 5.41) is 16.7. The Morgan fingerprint density at radius 3 is 2.72 bits per heavy atom. The molecule has 1 aromatic heterocycles. The summed E-state index contributed by atoms with van der Waals surface area (Å²) in [7, 11) is 0. The van der Waals surface area contributed by atoms with Gasteiger partial charge in [0.25, 0.3) is 0 Å². The predicted molar refractivity (Wildman–Crippen MR) is 66.9 cm³/mol. The molecule has 2 aromatic rings. The number of aromatic nitrogens is 3. The molecule has 0 spiro atoms. The number of aryl methyl sites for hydroxylation is 1. The first-order valence-electron chi connectivity index (χ1n) is 5.93. The zero-order valence-corrected chi connectivity index (χ0v) is 9.99. The number of carboxylic acid groups (broad SMARTS) is 1. The van der Waals surface area contributed by atoms with Gasteiger partial charge in [0.1, 0.15) is 5.69 Å². The molecule has 0 fully saturated rings. The summed E-state index contributed by atoms with van der Waals surface area (Å²) < 4.78 is 1.75. The molecular weight excluding hydrogens is 230 g/mol. The third kappa shape index (κ3) is 3.41. The average molecular weight is 245 g/mol. The van der Waals surface area contributed by atoms with Crippen LogP contribution in [0.3, 0.4) is 0 Å². The summed E-state index contributed by atoms with van der Waals surface area (Å²) in [6, 6.07) is 9.85. The van der Waals surface area contributed by atoms with Gasteiger partial charge in [-0.15, -0.1) is 5.10 Å². The molecule has 5 nitrogen and oxygen atoms in total. The topological polar surface area (TPSA) is 68.0 Å². The summed E-state index contributed by atoms with van der Waals surface area (Å²) in [4.78, 5) is 10.4. The maximum atomic E-state index is 10.4. The number of unbranched alkanes of at least 4 members (excludes halogenated alkanes) is 1. The number of benzene rings is 1. The molecule has 0 bridgehead atoms. The van der Waals surface area contributed by atoms with Gasteiger partial charge in [0.05, 0.1) is 6.20 Å². The highest BCUT2D eigenvalue weighted by Gasteiger charge is 2.03. The normalized spacial score (nSPS) is 10.4. The van der Waals surface area contributed by atoms with E-state index in [1.165, 1.54) is 0 Å². The molecule has 0 saturated heterocycles. The molecule has 0 amide bonds. The molecule has 0 radical (unpaired) electrons. The molecule has 0 aliphatic rings. The van der Waals surface area contributed by atoms with Crippen molar-refractivity contribution >= 4 is 5.97 Å². The Hall–Kier alpha value is -2.17. The molecule has 0 aliphatic heterocycles. The van der Waals surface area contributed by atoms with Crippen molar-refractivity contribution in [2.45, 2.75) is 25.8 Å². The Balaban J connectivity index is 1.89. The fraction of sp³-hybridized carbons (Fsp3) is 0.308. The van der Waals surface area contributed by atoms with E-state index < -0.39 is 5.97 Å². The monoisotopic (exact) mass is 245 g/mol. The molecular formula is C13H15N3O2. The van der Waals surface area contributed by atoms with Crippen molar-refractivity contribution in [1.82, 2.24) is 15.0 Å². The van der Waals surface area contributed by atoms with Crippen molar-refractivity contribution in [3.8, 4) is 11.3 Å². The fourth-order valence-corrected chi connectivity index (χ4v) is 1.70. The summed E-state index contributed by atoms with van der Waals surface area (Å²) in [5.41, 5.74) is 1.88. The van der Waals surface area contributed by atoms with Crippen molar-refractivity contribution in [3.05, 3.63) is 36.5 Å². The van der Waals surface area contributed by atoms with Gasteiger partial charge in [-0.3, -0.25) is 9.48 Å². The van der Waals surface area contributed by atoms with Crippen LogP contribution < -0.4 is 0 Å². The maximum Gasteiger partial charge on any atom is 0.303 e. The predicted octanol–water partition coefficient (Wildman–Crippen LogP) is 2.20. The summed E-state index contributed by atoms with van der Waals surface area (Å²) in [6.45, 7) is 0.702. The van der Waals surface area contributed by atoms with Crippen molar-refractivity contribution in [2.75, 3.05) is 0 Å². The van der Waals surface area contributed by atoms with Crippen LogP contribution in [0.4, 0.5) is 0 Å². The third-order valence-corrected chi connectivity index (χ3v) is 2.64. The van der Waals surface area contributed by atoms with Crippen LogP contribution in [0.25, 0.3) is 11.3 Å². The first-order valence-corrected chi connectivity index (χ1v) is 5.93. The van der Waals surface area contributed by atoms with E-state index in [4.69, 9.17) is 5.11 Å². The second-order valence-corrected chi connectivity index (χ2v) is 4.08.